The molecule has 0 unspecified atom stereocenters. The van der Waals surface area contributed by atoms with Gasteiger partial charge in [0.1, 0.15) is 12.1 Å². The predicted molar refractivity (Wildman–Crippen MR) is 118 cm³/mol. The molecule has 2 aromatic rings. The highest BCUT2D eigenvalue weighted by molar-refractivity contribution is 5.93. The summed E-state index contributed by atoms with van der Waals surface area (Å²) in [7, 11) is 1.29. The number of carbonyl (C=O) groups is 3. The lowest BCUT2D eigenvalue weighted by molar-refractivity contribution is -0.145. The number of nitrogens with two attached hydrogens (primary N) is 1. The third-order valence-electron chi connectivity index (χ3n) is 5.46. The number of unbranched alkanes of at least 4 members (excludes halogenated alkanes) is 1. The molecule has 8 nitrogen and oxygen atoms in total. The first-order valence-corrected chi connectivity index (χ1v) is 10.6. The highest BCUT2D eigenvalue weighted by atomic mass is 16.5. The number of nitrogens with zero attached hydrogens (tertiary/aromatic N) is 1. The maximum atomic E-state index is 12.9. The molecule has 0 saturated carbocycles. The zero-order chi connectivity index (χ0) is 22.2. The van der Waals surface area contributed by atoms with Gasteiger partial charge >= 0.3 is 5.97 Å². The fourth-order valence-corrected chi connectivity index (χ4v) is 3.84. The fourth-order valence-electron chi connectivity index (χ4n) is 3.84. The van der Waals surface area contributed by atoms with Crippen LogP contribution in [0, 0.1) is 0 Å². The van der Waals surface area contributed by atoms with E-state index in [1.807, 2.05) is 42.6 Å². The van der Waals surface area contributed by atoms with E-state index in [1.54, 1.807) is 0 Å². The summed E-state index contributed by atoms with van der Waals surface area (Å²) in [6.07, 6.45) is 8.13. The second kappa shape index (κ2) is 10.8. The Morgan fingerprint density at radius 2 is 2.00 bits per heavy atom. The van der Waals surface area contributed by atoms with Crippen LogP contribution in [0.3, 0.4) is 0 Å². The molecule has 1 aromatic carbocycles. The van der Waals surface area contributed by atoms with E-state index in [9.17, 15) is 14.4 Å². The lowest BCUT2D eigenvalue weighted by Gasteiger charge is -2.22. The number of nitrogens with one attached hydrogen (secondary N) is 2. The number of hydrogen-bond acceptors (Lipinski definition) is 5. The number of ether oxygens (including phenoxy) is 1. The molecule has 0 radical (unpaired) electrons. The molecule has 3 rings (SSSR count). The molecule has 1 aliphatic heterocycles. The second-order valence-electron chi connectivity index (χ2n) is 7.70. The molecule has 2 amide bonds. The summed E-state index contributed by atoms with van der Waals surface area (Å²) in [4.78, 5) is 37.9. The normalized spacial score (nSPS) is 21.1. The van der Waals surface area contributed by atoms with Gasteiger partial charge in [-0.1, -0.05) is 30.4 Å². The standard InChI is InChI=1S/C23H30N4O4/c1-31-23(30)19-10-5-7-13-27-15-16(17-8-2-3-11-20(17)27)14-21(28)25-18(22(29)26-19)9-4-6-12-24/h2-3,5,7-8,11,15,18-19H,4,6,9-10,12-14,24H2,1H3,(H,25,28)(H,26,29)/b7-5+/t18-,19-/m1/s1. The first kappa shape index (κ1) is 22.6. The minimum absolute atomic E-state index is 0.165. The van der Waals surface area contributed by atoms with Gasteiger partial charge in [-0.15, -0.1) is 0 Å². The van der Waals surface area contributed by atoms with Gasteiger partial charge in [-0.25, -0.2) is 4.79 Å². The third-order valence-corrected chi connectivity index (χ3v) is 5.46. The van der Waals surface area contributed by atoms with Gasteiger partial charge in [0.15, 0.2) is 0 Å². The van der Waals surface area contributed by atoms with Crippen molar-refractivity contribution in [2.75, 3.05) is 13.7 Å². The Morgan fingerprint density at radius 3 is 2.77 bits per heavy atom. The van der Waals surface area contributed by atoms with Crippen molar-refractivity contribution in [2.24, 2.45) is 5.73 Å². The van der Waals surface area contributed by atoms with E-state index in [-0.39, 0.29) is 12.3 Å². The van der Waals surface area contributed by atoms with Crippen LogP contribution in [0.15, 0.2) is 42.6 Å². The van der Waals surface area contributed by atoms with Gasteiger partial charge in [0.2, 0.25) is 11.8 Å². The van der Waals surface area contributed by atoms with Crippen molar-refractivity contribution in [3.63, 3.8) is 0 Å². The molecule has 0 fully saturated rings. The number of amides is 2. The van der Waals surface area contributed by atoms with E-state index >= 15 is 0 Å². The molecular weight excluding hydrogens is 396 g/mol. The number of esters is 1. The van der Waals surface area contributed by atoms with E-state index in [1.165, 1.54) is 7.11 Å². The Labute approximate surface area is 181 Å². The number of rotatable bonds is 5. The first-order chi connectivity index (χ1) is 15.0. The van der Waals surface area contributed by atoms with Crippen LogP contribution in [0.1, 0.15) is 31.2 Å². The number of methoxy groups -OCH3 is 1. The lowest BCUT2D eigenvalue weighted by atomic mass is 10.1. The molecule has 31 heavy (non-hydrogen) atoms. The van der Waals surface area contributed by atoms with Gasteiger partial charge in [-0.2, -0.15) is 0 Å². The van der Waals surface area contributed by atoms with Crippen LogP contribution in [0.25, 0.3) is 10.9 Å². The Balaban J connectivity index is 1.92. The zero-order valence-electron chi connectivity index (χ0n) is 17.8. The molecule has 1 aromatic heterocycles. The van der Waals surface area contributed by atoms with Crippen LogP contribution in [-0.2, 0) is 32.1 Å². The van der Waals surface area contributed by atoms with Crippen LogP contribution >= 0.6 is 0 Å². The van der Waals surface area contributed by atoms with Crippen molar-refractivity contribution in [1.82, 2.24) is 15.2 Å². The smallest absolute Gasteiger partial charge is 0.328 e. The zero-order valence-corrected chi connectivity index (χ0v) is 17.8. The van der Waals surface area contributed by atoms with Gasteiger partial charge in [0, 0.05) is 23.6 Å². The molecule has 8 heteroatoms. The highest BCUT2D eigenvalue weighted by Crippen LogP contribution is 2.22. The molecule has 0 aliphatic carbocycles. The van der Waals surface area contributed by atoms with Gasteiger partial charge in [-0.05, 0) is 43.9 Å². The highest BCUT2D eigenvalue weighted by Gasteiger charge is 2.27. The van der Waals surface area contributed by atoms with E-state index < -0.39 is 24.0 Å². The minimum atomic E-state index is -0.817. The summed E-state index contributed by atoms with van der Waals surface area (Å²) < 4.78 is 6.92. The van der Waals surface area contributed by atoms with Gasteiger partial charge in [0.05, 0.1) is 13.5 Å². The van der Waals surface area contributed by atoms with Crippen LogP contribution in [0.2, 0.25) is 0 Å². The summed E-state index contributed by atoms with van der Waals surface area (Å²) in [6, 6.07) is 6.36. The maximum absolute atomic E-state index is 12.9. The summed E-state index contributed by atoms with van der Waals surface area (Å²) in [5.41, 5.74) is 7.51. The molecule has 4 N–H and O–H groups in total. The van der Waals surface area contributed by atoms with Crippen molar-refractivity contribution in [3.05, 3.63) is 48.2 Å². The van der Waals surface area contributed by atoms with Crippen LogP contribution in [0.4, 0.5) is 0 Å². The van der Waals surface area contributed by atoms with Crippen molar-refractivity contribution in [1.29, 1.82) is 0 Å². The first-order valence-electron chi connectivity index (χ1n) is 10.6. The predicted octanol–water partition coefficient (Wildman–Crippen LogP) is 1.42. The van der Waals surface area contributed by atoms with E-state index in [0.29, 0.717) is 32.4 Å². The van der Waals surface area contributed by atoms with Crippen molar-refractivity contribution < 1.29 is 19.1 Å². The van der Waals surface area contributed by atoms with Crippen molar-refractivity contribution >= 4 is 28.7 Å². The summed E-state index contributed by atoms with van der Waals surface area (Å²) in [5, 5.41) is 6.60. The topological polar surface area (TPSA) is 115 Å². The van der Waals surface area contributed by atoms with Crippen molar-refractivity contribution in [3.8, 4) is 0 Å². The van der Waals surface area contributed by atoms with Crippen LogP contribution in [-0.4, -0.2) is 48.1 Å². The van der Waals surface area contributed by atoms with E-state index in [2.05, 4.69) is 15.2 Å². The Bertz CT molecular complexity index is 966. The number of benzene rings is 1. The summed E-state index contributed by atoms with van der Waals surface area (Å²) in [5.74, 6) is -1.16. The number of aromatic nitrogens is 1. The van der Waals surface area contributed by atoms with Crippen molar-refractivity contribution in [2.45, 2.75) is 50.7 Å². The summed E-state index contributed by atoms with van der Waals surface area (Å²) >= 11 is 0. The lowest BCUT2D eigenvalue weighted by Crippen LogP contribution is -2.52. The van der Waals surface area contributed by atoms with Gasteiger partial charge in [0.25, 0.3) is 0 Å². The molecule has 2 heterocycles. The molecule has 1 aliphatic rings. The second-order valence-corrected chi connectivity index (χ2v) is 7.70. The average molecular weight is 427 g/mol. The molecular formula is C23H30N4O4. The fraction of sp³-hybridized carbons (Fsp3) is 0.435. The van der Waals surface area contributed by atoms with E-state index in [0.717, 1.165) is 22.9 Å². The number of para-hydroxylation sites is 1. The van der Waals surface area contributed by atoms with Crippen LogP contribution < -0.4 is 16.4 Å². The number of allylic oxidation sites excluding steroid dienone is 1. The molecule has 2 bridgehead atoms. The summed E-state index contributed by atoms with van der Waals surface area (Å²) in [6.45, 7) is 1.10. The number of fused-ring (bicyclic) bond motifs is 5. The Morgan fingerprint density at radius 1 is 1.19 bits per heavy atom. The third kappa shape index (κ3) is 5.73. The molecule has 0 saturated heterocycles. The SMILES string of the molecule is COC(=O)[C@H]1C/C=C/Cn2cc(c3ccccc32)CC(=O)N[C@H](CCCCN)C(=O)N1. The van der Waals surface area contributed by atoms with Crippen LogP contribution in [0.5, 0.6) is 0 Å². The Hall–Kier alpha value is -3.13. The minimum Gasteiger partial charge on any atom is -0.467 e. The molecule has 2 atom stereocenters. The van der Waals surface area contributed by atoms with Gasteiger partial charge in [-0.3, -0.25) is 9.59 Å². The number of hydrogen-bond donors (Lipinski definition) is 3. The quantitative estimate of drug-likeness (QED) is 0.380. The van der Waals surface area contributed by atoms with Gasteiger partial charge < -0.3 is 25.7 Å². The largest absolute Gasteiger partial charge is 0.467 e. The average Bonchev–Trinajstić information content (AvgIpc) is 3.11. The maximum Gasteiger partial charge on any atom is 0.328 e. The monoisotopic (exact) mass is 426 g/mol. The molecule has 0 spiro atoms. The molecule has 166 valence electrons. The Kier molecular flexibility index (Phi) is 7.83. The number of carbonyl (C=O) groups excluding carboxylic acids is 3. The van der Waals surface area contributed by atoms with E-state index in [4.69, 9.17) is 10.5 Å².